The molecule has 5 heteroatoms. The molecule has 0 aliphatic heterocycles. The van der Waals surface area contributed by atoms with E-state index in [0.29, 0.717) is 27.8 Å². The lowest BCUT2D eigenvalue weighted by molar-refractivity contribution is 0.467. The third kappa shape index (κ3) is 2.11. The lowest BCUT2D eigenvalue weighted by Gasteiger charge is -2.12. The van der Waals surface area contributed by atoms with Crippen molar-refractivity contribution in [3.8, 4) is 17.1 Å². The predicted molar refractivity (Wildman–Crippen MR) is 72.8 cm³/mol. The monoisotopic (exact) mass is 263 g/mol. The molecule has 18 heavy (non-hydrogen) atoms. The first kappa shape index (κ1) is 12.6. The summed E-state index contributed by atoms with van der Waals surface area (Å²) in [5.41, 5.74) is 9.30. The van der Waals surface area contributed by atoms with Gasteiger partial charge in [0.15, 0.2) is 5.82 Å². The number of nitrogens with two attached hydrogens (primary N) is 1. The molecule has 2 rings (SSSR count). The minimum Gasteiger partial charge on any atom is -0.507 e. The summed E-state index contributed by atoms with van der Waals surface area (Å²) in [5.74, 6) is 0.679. The van der Waals surface area contributed by atoms with Crippen molar-refractivity contribution < 1.29 is 5.11 Å². The van der Waals surface area contributed by atoms with Crippen LogP contribution in [0.1, 0.15) is 16.8 Å². The topological polar surface area (TPSA) is 72.0 Å². The number of rotatable bonds is 1. The van der Waals surface area contributed by atoms with Crippen LogP contribution in [0.2, 0.25) is 5.15 Å². The van der Waals surface area contributed by atoms with E-state index >= 15 is 0 Å². The predicted octanol–water partition coefficient (Wildman–Crippen LogP) is 3.01. The molecular weight excluding hydrogens is 250 g/mol. The number of aromatic nitrogens is 2. The number of hydrogen-bond donors (Lipinski definition) is 2. The Hall–Kier alpha value is -1.81. The van der Waals surface area contributed by atoms with Gasteiger partial charge in [0.05, 0.1) is 0 Å². The van der Waals surface area contributed by atoms with E-state index in [1.165, 1.54) is 0 Å². The van der Waals surface area contributed by atoms with E-state index in [0.717, 1.165) is 11.3 Å². The van der Waals surface area contributed by atoms with Gasteiger partial charge in [-0.3, -0.25) is 0 Å². The Morgan fingerprint density at radius 1 is 1.17 bits per heavy atom. The van der Waals surface area contributed by atoms with Crippen molar-refractivity contribution in [3.05, 3.63) is 34.1 Å². The van der Waals surface area contributed by atoms with Crippen molar-refractivity contribution in [2.45, 2.75) is 20.8 Å². The average molecular weight is 264 g/mol. The summed E-state index contributed by atoms with van der Waals surface area (Å²) in [7, 11) is 0. The minimum atomic E-state index is 0.204. The Morgan fingerprint density at radius 3 is 2.44 bits per heavy atom. The number of nitrogen functional groups attached to an aromatic ring is 1. The Labute approximate surface area is 110 Å². The van der Waals surface area contributed by atoms with Crippen LogP contribution in [0, 0.1) is 20.8 Å². The number of anilines is 1. The highest BCUT2D eigenvalue weighted by Gasteiger charge is 2.14. The van der Waals surface area contributed by atoms with Gasteiger partial charge in [-0.2, -0.15) is 0 Å². The first-order valence-electron chi connectivity index (χ1n) is 5.50. The van der Waals surface area contributed by atoms with Crippen LogP contribution in [0.5, 0.6) is 5.75 Å². The second-order valence-electron chi connectivity index (χ2n) is 4.28. The standard InChI is InChI=1S/C13H14ClN3O/c1-6-4-9(11(15)8(3)12(6)18)13-16-7(2)5-10(14)17-13/h4-5,18H,15H2,1-3H3. The molecule has 0 aliphatic carbocycles. The number of hydrogen-bond acceptors (Lipinski definition) is 4. The molecule has 3 N–H and O–H groups in total. The molecule has 0 aliphatic rings. The summed E-state index contributed by atoms with van der Waals surface area (Å²) in [5, 5.41) is 10.2. The van der Waals surface area contributed by atoms with E-state index in [-0.39, 0.29) is 5.75 Å². The summed E-state index contributed by atoms with van der Waals surface area (Å²) < 4.78 is 0. The maximum Gasteiger partial charge on any atom is 0.163 e. The van der Waals surface area contributed by atoms with E-state index in [1.54, 1.807) is 19.1 Å². The van der Waals surface area contributed by atoms with Gasteiger partial charge in [-0.15, -0.1) is 0 Å². The van der Waals surface area contributed by atoms with Gasteiger partial charge in [0, 0.05) is 22.5 Å². The zero-order valence-corrected chi connectivity index (χ0v) is 11.2. The fraction of sp³-hybridized carbons (Fsp3) is 0.231. The van der Waals surface area contributed by atoms with Crippen molar-refractivity contribution in [3.63, 3.8) is 0 Å². The van der Waals surface area contributed by atoms with E-state index in [4.69, 9.17) is 17.3 Å². The van der Waals surface area contributed by atoms with Gasteiger partial charge in [0.25, 0.3) is 0 Å². The van der Waals surface area contributed by atoms with Crippen LogP contribution in [0.3, 0.4) is 0 Å². The third-order valence-electron chi connectivity index (χ3n) is 2.85. The molecule has 2 aromatic rings. The van der Waals surface area contributed by atoms with Crippen LogP contribution >= 0.6 is 11.6 Å². The van der Waals surface area contributed by atoms with Crippen LogP contribution in [0.15, 0.2) is 12.1 Å². The molecule has 0 radical (unpaired) electrons. The van der Waals surface area contributed by atoms with E-state index < -0.39 is 0 Å². The van der Waals surface area contributed by atoms with Crippen LogP contribution in [-0.4, -0.2) is 15.1 Å². The Bertz CT molecular complexity index is 606. The number of phenolic OH excluding ortho intramolecular Hbond substituents is 1. The van der Waals surface area contributed by atoms with Gasteiger partial charge < -0.3 is 10.8 Å². The van der Waals surface area contributed by atoms with Crippen LogP contribution in [0.25, 0.3) is 11.4 Å². The fourth-order valence-corrected chi connectivity index (χ4v) is 2.06. The normalized spacial score (nSPS) is 10.7. The fourth-order valence-electron chi connectivity index (χ4n) is 1.82. The molecule has 0 spiro atoms. The number of aromatic hydroxyl groups is 1. The highest BCUT2D eigenvalue weighted by Crippen LogP contribution is 2.34. The molecule has 1 heterocycles. The van der Waals surface area contributed by atoms with Gasteiger partial charge in [-0.05, 0) is 38.5 Å². The highest BCUT2D eigenvalue weighted by atomic mass is 35.5. The summed E-state index contributed by atoms with van der Waals surface area (Å²) in [6.07, 6.45) is 0. The van der Waals surface area contributed by atoms with Crippen LogP contribution in [0.4, 0.5) is 5.69 Å². The first-order chi connectivity index (χ1) is 8.40. The van der Waals surface area contributed by atoms with Crippen LogP contribution in [-0.2, 0) is 0 Å². The van der Waals surface area contributed by atoms with Crippen molar-refractivity contribution in [1.29, 1.82) is 0 Å². The lowest BCUT2D eigenvalue weighted by atomic mass is 10.0. The maximum absolute atomic E-state index is 9.82. The molecule has 0 amide bonds. The lowest BCUT2D eigenvalue weighted by Crippen LogP contribution is -2.00. The number of aryl methyl sites for hydroxylation is 2. The number of phenols is 1. The number of benzene rings is 1. The SMILES string of the molecule is Cc1cc(Cl)nc(-c2cc(C)c(O)c(C)c2N)n1. The molecule has 0 atom stereocenters. The van der Waals surface area contributed by atoms with E-state index in [1.807, 2.05) is 13.8 Å². The van der Waals surface area contributed by atoms with Gasteiger partial charge in [-0.1, -0.05) is 11.6 Å². The van der Waals surface area contributed by atoms with Gasteiger partial charge in [0.1, 0.15) is 10.9 Å². The zero-order chi connectivity index (χ0) is 13.4. The second kappa shape index (κ2) is 4.46. The minimum absolute atomic E-state index is 0.204. The maximum atomic E-state index is 9.82. The van der Waals surface area contributed by atoms with Crippen LogP contribution < -0.4 is 5.73 Å². The van der Waals surface area contributed by atoms with Gasteiger partial charge >= 0.3 is 0 Å². The van der Waals surface area contributed by atoms with Crippen molar-refractivity contribution in [1.82, 2.24) is 9.97 Å². The molecule has 4 nitrogen and oxygen atoms in total. The Morgan fingerprint density at radius 2 is 1.83 bits per heavy atom. The molecule has 0 bridgehead atoms. The largest absolute Gasteiger partial charge is 0.507 e. The molecular formula is C13H14ClN3O. The zero-order valence-electron chi connectivity index (χ0n) is 10.5. The summed E-state index contributed by atoms with van der Waals surface area (Å²) in [4.78, 5) is 8.49. The summed E-state index contributed by atoms with van der Waals surface area (Å²) in [6.45, 7) is 5.41. The Balaban J connectivity index is 2.71. The third-order valence-corrected chi connectivity index (χ3v) is 3.04. The number of halogens is 1. The summed E-state index contributed by atoms with van der Waals surface area (Å²) >= 11 is 5.92. The Kier molecular flexibility index (Phi) is 3.13. The summed E-state index contributed by atoms with van der Waals surface area (Å²) in [6, 6.07) is 3.45. The molecule has 0 fully saturated rings. The second-order valence-corrected chi connectivity index (χ2v) is 4.67. The van der Waals surface area contributed by atoms with E-state index in [9.17, 15) is 5.11 Å². The van der Waals surface area contributed by atoms with Crippen molar-refractivity contribution >= 4 is 17.3 Å². The molecule has 1 aromatic carbocycles. The van der Waals surface area contributed by atoms with Crippen molar-refractivity contribution in [2.24, 2.45) is 0 Å². The highest BCUT2D eigenvalue weighted by molar-refractivity contribution is 6.29. The van der Waals surface area contributed by atoms with Crippen molar-refractivity contribution in [2.75, 3.05) is 5.73 Å². The van der Waals surface area contributed by atoms with Gasteiger partial charge in [0.2, 0.25) is 0 Å². The first-order valence-corrected chi connectivity index (χ1v) is 5.88. The molecule has 0 saturated heterocycles. The number of nitrogens with zero attached hydrogens (tertiary/aromatic N) is 2. The molecule has 94 valence electrons. The molecule has 1 aromatic heterocycles. The molecule has 0 unspecified atom stereocenters. The van der Waals surface area contributed by atoms with E-state index in [2.05, 4.69) is 9.97 Å². The quantitative estimate of drug-likeness (QED) is 0.613. The molecule has 0 saturated carbocycles. The smallest absolute Gasteiger partial charge is 0.163 e. The van der Waals surface area contributed by atoms with Gasteiger partial charge in [-0.25, -0.2) is 9.97 Å². The average Bonchev–Trinajstić information content (AvgIpc) is 2.30.